The molecule has 5 rings (SSSR count). The number of para-hydroxylation sites is 1. The maximum atomic E-state index is 13.4. The van der Waals surface area contributed by atoms with Crippen molar-refractivity contribution in [1.29, 1.82) is 0 Å². The Morgan fingerprint density at radius 1 is 0.925 bits per heavy atom. The van der Waals surface area contributed by atoms with Gasteiger partial charge in [0.1, 0.15) is 5.69 Å². The fourth-order valence-corrected chi connectivity index (χ4v) is 6.09. The Morgan fingerprint density at radius 2 is 1.55 bits per heavy atom. The monoisotopic (exact) mass is 588 g/mol. The summed E-state index contributed by atoms with van der Waals surface area (Å²) in [5.74, 6) is -0.655. The molecule has 0 saturated carbocycles. The number of oxime groups is 1. The van der Waals surface area contributed by atoms with Crippen molar-refractivity contribution < 1.29 is 19.2 Å². The highest BCUT2D eigenvalue weighted by molar-refractivity contribution is 8.16. The zero-order valence-corrected chi connectivity index (χ0v) is 24.0. The summed E-state index contributed by atoms with van der Waals surface area (Å²) in [6.07, 6.45) is -0.657. The standard InChI is InChI=1S/C29H24N4O4S3/c1-29(2,26(35)36-24(18-11-5-3-6-12-18)19-13-7-4-8-14-19)37-33-23(21-17-38-27(30)31-21)25(34)40-28-32-20-15-9-10-16-22(20)39-28/h3-17,24H,1-2H3,(H2,30,31)/b33-23-. The Bertz CT molecular complexity index is 1590. The predicted octanol–water partition coefficient (Wildman–Crippen LogP) is 6.49. The molecule has 0 aliphatic rings. The number of esters is 1. The molecule has 5 aromatic rings. The van der Waals surface area contributed by atoms with Crippen LogP contribution in [0.3, 0.4) is 0 Å². The molecule has 0 saturated heterocycles. The zero-order valence-electron chi connectivity index (χ0n) is 21.5. The minimum Gasteiger partial charge on any atom is -0.450 e. The number of benzene rings is 3. The minimum atomic E-state index is -1.53. The Labute approximate surface area is 242 Å². The van der Waals surface area contributed by atoms with Crippen molar-refractivity contribution in [2.75, 3.05) is 5.73 Å². The maximum Gasteiger partial charge on any atom is 0.353 e. The van der Waals surface area contributed by atoms with Crippen molar-refractivity contribution >= 4 is 66.6 Å². The van der Waals surface area contributed by atoms with Gasteiger partial charge in [-0.2, -0.15) is 0 Å². The molecule has 2 N–H and O–H groups in total. The van der Waals surface area contributed by atoms with Crippen LogP contribution >= 0.6 is 34.4 Å². The van der Waals surface area contributed by atoms with E-state index in [2.05, 4.69) is 15.1 Å². The molecule has 11 heteroatoms. The van der Waals surface area contributed by atoms with Gasteiger partial charge < -0.3 is 15.3 Å². The number of nitrogens with zero attached hydrogens (tertiary/aromatic N) is 3. The molecule has 202 valence electrons. The number of thioether (sulfide) groups is 1. The van der Waals surface area contributed by atoms with Crippen LogP contribution in [0.2, 0.25) is 0 Å². The van der Waals surface area contributed by atoms with E-state index < -0.39 is 22.8 Å². The Kier molecular flexibility index (Phi) is 8.24. The van der Waals surface area contributed by atoms with E-state index in [-0.39, 0.29) is 16.5 Å². The Morgan fingerprint density at radius 3 is 2.15 bits per heavy atom. The van der Waals surface area contributed by atoms with Gasteiger partial charge in [-0.25, -0.2) is 14.8 Å². The normalized spacial score (nSPS) is 12.0. The quantitative estimate of drug-likeness (QED) is 0.0899. The minimum absolute atomic E-state index is 0.0826. The molecule has 2 aromatic heterocycles. The van der Waals surface area contributed by atoms with Crippen LogP contribution in [0.5, 0.6) is 0 Å². The predicted molar refractivity (Wildman–Crippen MR) is 160 cm³/mol. The summed E-state index contributed by atoms with van der Waals surface area (Å²) in [6, 6.07) is 26.5. The van der Waals surface area contributed by atoms with Gasteiger partial charge in [0.05, 0.1) is 10.2 Å². The molecule has 40 heavy (non-hydrogen) atoms. The smallest absolute Gasteiger partial charge is 0.353 e. The second-order valence-corrected chi connectivity index (χ2v) is 12.2. The number of ether oxygens (including phenoxy) is 1. The average molecular weight is 589 g/mol. The van der Waals surface area contributed by atoms with Crippen molar-refractivity contribution in [2.24, 2.45) is 5.16 Å². The van der Waals surface area contributed by atoms with Crippen LogP contribution in [-0.2, 0) is 19.2 Å². The van der Waals surface area contributed by atoms with E-state index in [0.717, 1.165) is 33.1 Å². The summed E-state index contributed by atoms with van der Waals surface area (Å²) in [6.45, 7) is 3.06. The summed E-state index contributed by atoms with van der Waals surface area (Å²) >= 11 is 3.47. The highest BCUT2D eigenvalue weighted by atomic mass is 32.2. The van der Waals surface area contributed by atoms with E-state index in [1.807, 2.05) is 84.9 Å². The first kappa shape index (κ1) is 27.5. The van der Waals surface area contributed by atoms with Crippen molar-refractivity contribution in [3.63, 3.8) is 0 Å². The molecular formula is C29H24N4O4S3. The molecule has 0 aliphatic carbocycles. The number of carbonyl (C=O) groups is 2. The lowest BCUT2D eigenvalue weighted by Gasteiger charge is -2.25. The van der Waals surface area contributed by atoms with Crippen LogP contribution in [0.1, 0.15) is 36.8 Å². The molecule has 0 fully saturated rings. The summed E-state index contributed by atoms with van der Waals surface area (Å²) in [5.41, 5.74) is 6.87. The number of aromatic nitrogens is 2. The van der Waals surface area contributed by atoms with Crippen LogP contribution in [0.25, 0.3) is 10.2 Å². The third kappa shape index (κ3) is 6.39. The van der Waals surface area contributed by atoms with Gasteiger partial charge >= 0.3 is 5.97 Å². The molecule has 2 heterocycles. The van der Waals surface area contributed by atoms with E-state index in [0.29, 0.717) is 4.34 Å². The highest BCUT2D eigenvalue weighted by Crippen LogP contribution is 2.32. The molecule has 8 nitrogen and oxygen atoms in total. The number of carbonyl (C=O) groups excluding carboxylic acids is 2. The Hall–Kier alpha value is -4.06. The third-order valence-corrected chi connectivity index (χ3v) is 8.35. The van der Waals surface area contributed by atoms with Gasteiger partial charge in [-0.05, 0) is 48.9 Å². The summed E-state index contributed by atoms with van der Waals surface area (Å²) in [4.78, 5) is 41.2. The lowest BCUT2D eigenvalue weighted by Crippen LogP contribution is -2.37. The van der Waals surface area contributed by atoms with Gasteiger partial charge in [-0.3, -0.25) is 4.79 Å². The molecule has 3 aromatic carbocycles. The van der Waals surface area contributed by atoms with Gasteiger partial charge in [0.2, 0.25) is 10.7 Å². The van der Waals surface area contributed by atoms with Gasteiger partial charge in [-0.15, -0.1) is 22.7 Å². The molecule has 0 atom stereocenters. The number of hydrogen-bond acceptors (Lipinski definition) is 11. The van der Waals surface area contributed by atoms with Gasteiger partial charge in [0, 0.05) is 5.38 Å². The fraction of sp³-hybridized carbons (Fsp3) is 0.138. The van der Waals surface area contributed by atoms with Crippen LogP contribution in [0.15, 0.2) is 99.8 Å². The number of nitrogens with two attached hydrogens (primary N) is 1. The second-order valence-electron chi connectivity index (χ2n) is 9.06. The van der Waals surface area contributed by atoms with Crippen LogP contribution < -0.4 is 5.73 Å². The van der Waals surface area contributed by atoms with E-state index >= 15 is 0 Å². The van der Waals surface area contributed by atoms with Crippen LogP contribution in [-0.4, -0.2) is 32.4 Å². The van der Waals surface area contributed by atoms with Crippen molar-refractivity contribution in [3.8, 4) is 0 Å². The average Bonchev–Trinajstić information content (AvgIpc) is 3.58. The van der Waals surface area contributed by atoms with Crippen LogP contribution in [0, 0.1) is 0 Å². The number of nitrogen functional groups attached to an aromatic ring is 1. The first-order chi connectivity index (χ1) is 19.3. The third-order valence-electron chi connectivity index (χ3n) is 5.70. The van der Waals surface area contributed by atoms with Crippen LogP contribution in [0.4, 0.5) is 5.13 Å². The van der Waals surface area contributed by atoms with Gasteiger partial charge in [-0.1, -0.05) is 78.0 Å². The van der Waals surface area contributed by atoms with E-state index in [1.165, 1.54) is 36.5 Å². The molecular weight excluding hydrogens is 565 g/mol. The topological polar surface area (TPSA) is 117 Å². The van der Waals surface area contributed by atoms with E-state index in [1.54, 1.807) is 5.38 Å². The zero-order chi connectivity index (χ0) is 28.1. The van der Waals surface area contributed by atoms with Crippen molar-refractivity contribution in [3.05, 3.63) is 107 Å². The lowest BCUT2D eigenvalue weighted by atomic mass is 10.0. The molecule has 0 unspecified atom stereocenters. The molecule has 0 spiro atoms. The Balaban J connectivity index is 1.38. The summed E-state index contributed by atoms with van der Waals surface area (Å²) < 4.78 is 7.46. The SMILES string of the molecule is CC(C)(O/N=C(\C(=O)Sc1nc2ccccc2s1)c1csc(N)n1)C(=O)OC(c1ccccc1)c1ccccc1. The number of fused-ring (bicyclic) bond motifs is 1. The summed E-state index contributed by atoms with van der Waals surface area (Å²) in [7, 11) is 0. The number of anilines is 1. The first-order valence-electron chi connectivity index (χ1n) is 12.2. The molecule has 0 bridgehead atoms. The van der Waals surface area contributed by atoms with Gasteiger partial charge in [0.25, 0.3) is 0 Å². The number of thiazole rings is 2. The highest BCUT2D eigenvalue weighted by Gasteiger charge is 2.36. The van der Waals surface area contributed by atoms with Crippen molar-refractivity contribution in [2.45, 2.75) is 29.9 Å². The van der Waals surface area contributed by atoms with E-state index in [9.17, 15) is 9.59 Å². The molecule has 0 radical (unpaired) electrons. The lowest BCUT2D eigenvalue weighted by molar-refractivity contribution is -0.172. The summed E-state index contributed by atoms with van der Waals surface area (Å²) in [5, 5.41) is 5.55. The largest absolute Gasteiger partial charge is 0.450 e. The van der Waals surface area contributed by atoms with E-state index in [4.69, 9.17) is 15.3 Å². The van der Waals surface area contributed by atoms with Crippen molar-refractivity contribution in [1.82, 2.24) is 9.97 Å². The maximum absolute atomic E-state index is 13.4. The van der Waals surface area contributed by atoms with Gasteiger partial charge in [0.15, 0.2) is 21.3 Å². The molecule has 0 amide bonds. The molecule has 0 aliphatic heterocycles. The number of rotatable bonds is 9. The number of hydrogen-bond donors (Lipinski definition) is 1. The first-order valence-corrected chi connectivity index (χ1v) is 14.7. The second kappa shape index (κ2) is 12.0. The fourth-order valence-electron chi connectivity index (χ4n) is 3.64.